The molecular formula is C17H15FO. The molecule has 0 saturated carbocycles. The molecule has 19 heavy (non-hydrogen) atoms. The molecule has 0 aliphatic heterocycles. The maximum Gasteiger partial charge on any atom is 0.185 e. The number of allylic oxidation sites excluding steroid dienone is 1. The Kier molecular flexibility index (Phi) is 4.24. The van der Waals surface area contributed by atoms with Gasteiger partial charge in [-0.3, -0.25) is 4.79 Å². The lowest BCUT2D eigenvalue weighted by atomic mass is 10.1. The van der Waals surface area contributed by atoms with E-state index < -0.39 is 0 Å². The first-order valence-corrected chi connectivity index (χ1v) is 6.26. The number of halogens is 1. The van der Waals surface area contributed by atoms with Gasteiger partial charge < -0.3 is 0 Å². The molecule has 0 fully saturated rings. The standard InChI is InChI=1S/C17H15FO/c1-2-13-6-9-15(10-7-13)17(19)11-8-14-4-3-5-16(18)12-14/h3-12H,2H2,1H3/b11-8+. The molecule has 0 aliphatic carbocycles. The summed E-state index contributed by atoms with van der Waals surface area (Å²) in [6.07, 6.45) is 4.04. The van der Waals surface area contributed by atoms with Gasteiger partial charge in [0, 0.05) is 5.56 Å². The number of rotatable bonds is 4. The van der Waals surface area contributed by atoms with Crippen molar-refractivity contribution in [2.75, 3.05) is 0 Å². The molecule has 0 spiro atoms. The second kappa shape index (κ2) is 6.10. The van der Waals surface area contributed by atoms with E-state index in [2.05, 4.69) is 6.92 Å². The topological polar surface area (TPSA) is 17.1 Å². The Morgan fingerprint density at radius 1 is 1.16 bits per heavy atom. The average Bonchev–Trinajstić information content (AvgIpc) is 2.45. The molecule has 2 rings (SSSR count). The van der Waals surface area contributed by atoms with Crippen molar-refractivity contribution in [3.05, 3.63) is 77.1 Å². The number of ketones is 1. The van der Waals surface area contributed by atoms with E-state index in [0.29, 0.717) is 11.1 Å². The molecule has 96 valence electrons. The highest BCUT2D eigenvalue weighted by Gasteiger charge is 2.01. The quantitative estimate of drug-likeness (QED) is 0.587. The van der Waals surface area contributed by atoms with Crippen molar-refractivity contribution in [3.8, 4) is 0 Å². The van der Waals surface area contributed by atoms with Gasteiger partial charge in [0.1, 0.15) is 5.82 Å². The molecule has 0 atom stereocenters. The SMILES string of the molecule is CCc1ccc(C(=O)/C=C/c2cccc(F)c2)cc1. The molecule has 2 heteroatoms. The van der Waals surface area contributed by atoms with E-state index in [9.17, 15) is 9.18 Å². The molecule has 0 saturated heterocycles. The maximum absolute atomic E-state index is 13.0. The molecule has 0 heterocycles. The van der Waals surface area contributed by atoms with Crippen molar-refractivity contribution >= 4 is 11.9 Å². The highest BCUT2D eigenvalue weighted by atomic mass is 19.1. The van der Waals surface area contributed by atoms with E-state index in [4.69, 9.17) is 0 Å². The zero-order chi connectivity index (χ0) is 13.7. The van der Waals surface area contributed by atoms with Crippen LogP contribution in [0.5, 0.6) is 0 Å². The van der Waals surface area contributed by atoms with Gasteiger partial charge in [-0.2, -0.15) is 0 Å². The molecular weight excluding hydrogens is 239 g/mol. The Morgan fingerprint density at radius 3 is 2.53 bits per heavy atom. The summed E-state index contributed by atoms with van der Waals surface area (Å²) in [7, 11) is 0. The van der Waals surface area contributed by atoms with Gasteiger partial charge in [0.25, 0.3) is 0 Å². The lowest BCUT2D eigenvalue weighted by Gasteiger charge is -1.99. The van der Waals surface area contributed by atoms with Gasteiger partial charge in [0.2, 0.25) is 0 Å². The number of hydrogen-bond acceptors (Lipinski definition) is 1. The van der Waals surface area contributed by atoms with Crippen LogP contribution in [0.2, 0.25) is 0 Å². The Bertz CT molecular complexity index is 597. The molecule has 0 N–H and O–H groups in total. The van der Waals surface area contributed by atoms with Crippen molar-refractivity contribution < 1.29 is 9.18 Å². The lowest BCUT2D eigenvalue weighted by molar-refractivity contribution is 0.104. The zero-order valence-corrected chi connectivity index (χ0v) is 10.8. The van der Waals surface area contributed by atoms with E-state index >= 15 is 0 Å². The summed E-state index contributed by atoms with van der Waals surface area (Å²) in [6.45, 7) is 2.07. The van der Waals surface area contributed by atoms with Crippen LogP contribution in [0.25, 0.3) is 6.08 Å². The van der Waals surface area contributed by atoms with Crippen molar-refractivity contribution in [2.45, 2.75) is 13.3 Å². The lowest BCUT2D eigenvalue weighted by Crippen LogP contribution is -1.94. The summed E-state index contributed by atoms with van der Waals surface area (Å²) in [4.78, 5) is 11.9. The van der Waals surface area contributed by atoms with Crippen molar-refractivity contribution in [3.63, 3.8) is 0 Å². The summed E-state index contributed by atoms with van der Waals surface area (Å²) < 4.78 is 13.0. The summed E-state index contributed by atoms with van der Waals surface area (Å²) in [5.74, 6) is -0.381. The second-order valence-corrected chi connectivity index (χ2v) is 4.30. The van der Waals surface area contributed by atoms with Gasteiger partial charge in [-0.25, -0.2) is 4.39 Å². The van der Waals surface area contributed by atoms with Gasteiger partial charge in [-0.1, -0.05) is 49.4 Å². The first-order chi connectivity index (χ1) is 9.19. The van der Waals surface area contributed by atoms with Crippen LogP contribution < -0.4 is 0 Å². The van der Waals surface area contributed by atoms with E-state index in [1.807, 2.05) is 24.3 Å². The zero-order valence-electron chi connectivity index (χ0n) is 10.8. The summed E-state index contributed by atoms with van der Waals surface area (Å²) in [6, 6.07) is 13.7. The maximum atomic E-state index is 13.0. The minimum absolute atomic E-state index is 0.0769. The molecule has 2 aromatic rings. The van der Waals surface area contributed by atoms with Crippen molar-refractivity contribution in [1.82, 2.24) is 0 Å². The monoisotopic (exact) mass is 254 g/mol. The Morgan fingerprint density at radius 2 is 1.89 bits per heavy atom. The summed E-state index contributed by atoms with van der Waals surface area (Å²) in [5, 5.41) is 0. The van der Waals surface area contributed by atoms with Crippen LogP contribution in [0.1, 0.15) is 28.4 Å². The summed E-state index contributed by atoms with van der Waals surface area (Å²) in [5.41, 5.74) is 2.52. The van der Waals surface area contributed by atoms with Crippen LogP contribution in [0, 0.1) is 5.82 Å². The minimum atomic E-state index is -0.304. The van der Waals surface area contributed by atoms with Gasteiger partial charge in [-0.05, 0) is 35.8 Å². The fourth-order valence-corrected chi connectivity index (χ4v) is 1.78. The van der Waals surface area contributed by atoms with E-state index in [-0.39, 0.29) is 11.6 Å². The minimum Gasteiger partial charge on any atom is -0.289 e. The van der Waals surface area contributed by atoms with Crippen LogP contribution in [0.15, 0.2) is 54.6 Å². The fourth-order valence-electron chi connectivity index (χ4n) is 1.78. The number of aryl methyl sites for hydroxylation is 1. The Labute approximate surface area is 112 Å². The molecule has 0 bridgehead atoms. The Hall–Kier alpha value is -2.22. The van der Waals surface area contributed by atoms with Crippen molar-refractivity contribution in [2.24, 2.45) is 0 Å². The Balaban J connectivity index is 2.11. The number of benzene rings is 2. The van der Waals surface area contributed by atoms with Gasteiger partial charge >= 0.3 is 0 Å². The number of hydrogen-bond donors (Lipinski definition) is 0. The number of carbonyl (C=O) groups is 1. The van der Waals surface area contributed by atoms with Crippen LogP contribution in [-0.2, 0) is 6.42 Å². The molecule has 1 nitrogen and oxygen atoms in total. The third kappa shape index (κ3) is 3.62. The first kappa shape index (κ1) is 13.2. The second-order valence-electron chi connectivity index (χ2n) is 4.30. The van der Waals surface area contributed by atoms with Gasteiger partial charge in [-0.15, -0.1) is 0 Å². The third-order valence-electron chi connectivity index (χ3n) is 2.92. The predicted octanol–water partition coefficient (Wildman–Crippen LogP) is 4.28. The van der Waals surface area contributed by atoms with Crippen LogP contribution in [0.3, 0.4) is 0 Å². The van der Waals surface area contributed by atoms with E-state index in [1.165, 1.54) is 23.8 Å². The molecule has 0 amide bonds. The third-order valence-corrected chi connectivity index (χ3v) is 2.92. The average molecular weight is 254 g/mol. The van der Waals surface area contributed by atoms with Crippen LogP contribution >= 0.6 is 0 Å². The molecule has 0 radical (unpaired) electrons. The first-order valence-electron chi connectivity index (χ1n) is 6.26. The predicted molar refractivity (Wildman–Crippen MR) is 75.6 cm³/mol. The van der Waals surface area contributed by atoms with E-state index in [0.717, 1.165) is 6.42 Å². The molecule has 0 aliphatic rings. The molecule has 2 aromatic carbocycles. The largest absolute Gasteiger partial charge is 0.289 e. The molecule has 0 unspecified atom stereocenters. The van der Waals surface area contributed by atoms with Crippen LogP contribution in [0.4, 0.5) is 4.39 Å². The van der Waals surface area contributed by atoms with E-state index in [1.54, 1.807) is 18.2 Å². The van der Waals surface area contributed by atoms with Crippen LogP contribution in [-0.4, -0.2) is 5.78 Å². The van der Waals surface area contributed by atoms with Gasteiger partial charge in [0.05, 0.1) is 0 Å². The van der Waals surface area contributed by atoms with Gasteiger partial charge in [0.15, 0.2) is 5.78 Å². The normalized spacial score (nSPS) is 10.8. The fraction of sp³-hybridized carbons (Fsp3) is 0.118. The molecule has 0 aromatic heterocycles. The number of carbonyl (C=O) groups excluding carboxylic acids is 1. The smallest absolute Gasteiger partial charge is 0.185 e. The highest BCUT2D eigenvalue weighted by Crippen LogP contribution is 2.09. The highest BCUT2D eigenvalue weighted by molar-refractivity contribution is 6.06. The summed E-state index contributed by atoms with van der Waals surface area (Å²) >= 11 is 0. The van der Waals surface area contributed by atoms with Crippen molar-refractivity contribution in [1.29, 1.82) is 0 Å².